The molecule has 0 aliphatic carbocycles. The third-order valence-electron chi connectivity index (χ3n) is 1.01. The summed E-state index contributed by atoms with van der Waals surface area (Å²) in [6.45, 7) is 0. The van der Waals surface area contributed by atoms with Crippen LogP contribution in [-0.4, -0.2) is 31.6 Å². The number of rotatable bonds is 0. The van der Waals surface area contributed by atoms with Crippen molar-refractivity contribution in [3.8, 4) is 0 Å². The van der Waals surface area contributed by atoms with Crippen molar-refractivity contribution < 1.29 is 31.5 Å². The Morgan fingerprint density at radius 1 is 1.33 bits per heavy atom. The monoisotopic (exact) mass is 196 g/mol. The summed E-state index contributed by atoms with van der Waals surface area (Å²) in [6, 6.07) is 0. The zero-order chi connectivity index (χ0) is 9.35. The van der Waals surface area contributed by atoms with Gasteiger partial charge in [-0.05, 0) is 0 Å². The van der Waals surface area contributed by atoms with Gasteiger partial charge in [-0.2, -0.15) is 0 Å². The molecule has 7 nitrogen and oxygen atoms in total. The fourth-order valence-electron chi connectivity index (χ4n) is 0.562. The second-order valence-electron chi connectivity index (χ2n) is 1.99. The molecule has 1 atom stereocenters. The van der Waals surface area contributed by atoms with E-state index in [1.54, 1.807) is 0 Å². The van der Waals surface area contributed by atoms with Crippen LogP contribution in [0.2, 0.25) is 0 Å². The van der Waals surface area contributed by atoms with Gasteiger partial charge in [0.05, 0.1) is 6.42 Å². The van der Waals surface area contributed by atoms with E-state index < -0.39 is 34.9 Å². The molecule has 1 saturated heterocycles. The highest BCUT2D eigenvalue weighted by molar-refractivity contribution is 7.82. The van der Waals surface area contributed by atoms with E-state index in [2.05, 4.69) is 8.37 Å². The van der Waals surface area contributed by atoms with E-state index >= 15 is 0 Å². The van der Waals surface area contributed by atoms with E-state index in [1.165, 1.54) is 0 Å². The molecule has 1 heterocycles. The summed E-state index contributed by atoms with van der Waals surface area (Å²) in [7, 11) is -4.61. The van der Waals surface area contributed by atoms with E-state index in [4.69, 9.17) is 5.11 Å². The fourth-order valence-corrected chi connectivity index (χ4v) is 1.20. The lowest BCUT2D eigenvalue weighted by Crippen LogP contribution is -2.22. The number of carbonyl (C=O) groups is 2. The molecule has 1 rings (SSSR count). The summed E-state index contributed by atoms with van der Waals surface area (Å²) in [6.07, 6.45) is -2.51. The zero-order valence-corrected chi connectivity index (χ0v) is 6.41. The highest BCUT2D eigenvalue weighted by Gasteiger charge is 2.34. The Morgan fingerprint density at radius 3 is 2.50 bits per heavy atom. The van der Waals surface area contributed by atoms with Crippen LogP contribution in [0.4, 0.5) is 0 Å². The average Bonchev–Trinajstić information content (AvgIpc) is 1.89. The van der Waals surface area contributed by atoms with Gasteiger partial charge in [-0.3, -0.25) is 4.79 Å². The van der Waals surface area contributed by atoms with Crippen LogP contribution in [0.25, 0.3) is 0 Å². The second-order valence-corrected chi connectivity index (χ2v) is 3.14. The van der Waals surface area contributed by atoms with Gasteiger partial charge >= 0.3 is 22.3 Å². The van der Waals surface area contributed by atoms with Gasteiger partial charge in [0, 0.05) is 0 Å². The van der Waals surface area contributed by atoms with Gasteiger partial charge in [-0.25, -0.2) is 4.79 Å². The highest BCUT2D eigenvalue weighted by Crippen LogP contribution is 2.09. The first kappa shape index (κ1) is 8.94. The summed E-state index contributed by atoms with van der Waals surface area (Å²) in [5.41, 5.74) is 0. The minimum Gasteiger partial charge on any atom is -0.381 e. The number of hydrogen-bond donors (Lipinski definition) is 1. The molecule has 12 heavy (non-hydrogen) atoms. The number of aliphatic hydroxyl groups excluding tert-OH is 1. The molecule has 0 spiro atoms. The van der Waals surface area contributed by atoms with Gasteiger partial charge < -0.3 is 13.5 Å². The van der Waals surface area contributed by atoms with E-state index in [0.717, 1.165) is 0 Å². The van der Waals surface area contributed by atoms with Crippen molar-refractivity contribution in [2.75, 3.05) is 0 Å². The zero-order valence-electron chi connectivity index (χ0n) is 5.59. The van der Waals surface area contributed by atoms with Gasteiger partial charge in [0.1, 0.15) is 0 Å². The van der Waals surface area contributed by atoms with E-state index in [0.29, 0.717) is 0 Å². The smallest absolute Gasteiger partial charge is 0.381 e. The first-order chi connectivity index (χ1) is 5.41. The third kappa shape index (κ3) is 1.92. The summed E-state index contributed by atoms with van der Waals surface area (Å²) < 4.78 is 28.2. The van der Waals surface area contributed by atoms with Crippen molar-refractivity contribution >= 4 is 22.3 Å². The SMILES string of the molecule is O=C1CC(O)C(=O)OS(=O)(=O)O1. The number of aliphatic hydroxyl groups is 1. The molecule has 0 aromatic carbocycles. The topological polar surface area (TPSA) is 107 Å². The molecule has 0 saturated carbocycles. The molecule has 1 fully saturated rings. The predicted molar refractivity (Wildman–Crippen MR) is 31.7 cm³/mol. The molecular weight excluding hydrogens is 192 g/mol. The van der Waals surface area contributed by atoms with Gasteiger partial charge in [0.2, 0.25) is 0 Å². The van der Waals surface area contributed by atoms with Crippen molar-refractivity contribution in [1.82, 2.24) is 0 Å². The third-order valence-corrected chi connectivity index (χ3v) is 1.77. The van der Waals surface area contributed by atoms with Gasteiger partial charge in [-0.15, -0.1) is 8.42 Å². The fraction of sp³-hybridized carbons (Fsp3) is 0.500. The molecule has 0 bridgehead atoms. The van der Waals surface area contributed by atoms with Crippen LogP contribution < -0.4 is 0 Å². The molecule has 1 N–H and O–H groups in total. The summed E-state index contributed by atoms with van der Waals surface area (Å²) >= 11 is 0. The molecule has 0 aromatic rings. The Morgan fingerprint density at radius 2 is 1.92 bits per heavy atom. The summed E-state index contributed by atoms with van der Waals surface area (Å²) in [5.74, 6) is -2.64. The molecule has 1 aliphatic rings. The molecule has 0 aromatic heterocycles. The molecule has 1 aliphatic heterocycles. The number of carbonyl (C=O) groups excluding carboxylic acids is 2. The molecular formula is C4H4O7S. The van der Waals surface area contributed by atoms with Crippen molar-refractivity contribution in [3.05, 3.63) is 0 Å². The summed E-state index contributed by atoms with van der Waals surface area (Å²) in [4.78, 5) is 21.0. The van der Waals surface area contributed by atoms with Crippen molar-refractivity contribution in [3.63, 3.8) is 0 Å². The van der Waals surface area contributed by atoms with Crippen LogP contribution in [0.3, 0.4) is 0 Å². The van der Waals surface area contributed by atoms with Crippen LogP contribution >= 0.6 is 0 Å². The first-order valence-corrected chi connectivity index (χ1v) is 4.13. The van der Waals surface area contributed by atoms with Crippen LogP contribution in [0, 0.1) is 0 Å². The Bertz CT molecular complexity index is 314. The van der Waals surface area contributed by atoms with Crippen LogP contribution in [0.5, 0.6) is 0 Å². The quantitative estimate of drug-likeness (QED) is 0.481. The Balaban J connectivity index is 2.95. The molecule has 1 unspecified atom stereocenters. The van der Waals surface area contributed by atoms with Crippen LogP contribution in [0.15, 0.2) is 0 Å². The van der Waals surface area contributed by atoms with Gasteiger partial charge in [0.15, 0.2) is 6.10 Å². The molecule has 0 radical (unpaired) electrons. The Labute approximate surface area is 67.2 Å². The molecule has 8 heteroatoms. The predicted octanol–water partition coefficient (Wildman–Crippen LogP) is -1.92. The highest BCUT2D eigenvalue weighted by atomic mass is 32.3. The Kier molecular flexibility index (Phi) is 2.02. The van der Waals surface area contributed by atoms with Crippen molar-refractivity contribution in [2.45, 2.75) is 12.5 Å². The van der Waals surface area contributed by atoms with E-state index in [1.807, 2.05) is 0 Å². The number of hydrogen-bond acceptors (Lipinski definition) is 7. The minimum absolute atomic E-state index is 0.724. The lowest BCUT2D eigenvalue weighted by molar-refractivity contribution is -0.145. The van der Waals surface area contributed by atoms with E-state index in [-0.39, 0.29) is 0 Å². The summed E-state index contributed by atoms with van der Waals surface area (Å²) in [5, 5.41) is 8.72. The molecule has 0 amide bonds. The normalized spacial score (nSPS) is 28.6. The lowest BCUT2D eigenvalue weighted by Gasteiger charge is -1.98. The largest absolute Gasteiger partial charge is 0.506 e. The maximum atomic E-state index is 10.5. The maximum absolute atomic E-state index is 10.5. The van der Waals surface area contributed by atoms with E-state index in [9.17, 15) is 18.0 Å². The van der Waals surface area contributed by atoms with Gasteiger partial charge in [-0.1, -0.05) is 0 Å². The first-order valence-electron chi connectivity index (χ1n) is 2.79. The van der Waals surface area contributed by atoms with Gasteiger partial charge in [0.25, 0.3) is 0 Å². The Hall–Kier alpha value is -1.15. The van der Waals surface area contributed by atoms with Crippen molar-refractivity contribution in [1.29, 1.82) is 0 Å². The lowest BCUT2D eigenvalue weighted by atomic mass is 10.3. The maximum Gasteiger partial charge on any atom is 0.506 e. The minimum atomic E-state index is -4.61. The second kappa shape index (κ2) is 2.72. The van der Waals surface area contributed by atoms with Crippen LogP contribution in [-0.2, 0) is 28.4 Å². The standard InChI is InChI=1S/C4H4O7S/c5-2-1-3(6)10-12(8,9)11-4(2)7/h2,5H,1H2. The van der Waals surface area contributed by atoms with Crippen LogP contribution in [0.1, 0.15) is 6.42 Å². The average molecular weight is 196 g/mol. The van der Waals surface area contributed by atoms with Crippen molar-refractivity contribution in [2.24, 2.45) is 0 Å². The molecule has 68 valence electrons.